The molecule has 9 heteroatoms. The molecule has 0 bridgehead atoms. The van der Waals surface area contributed by atoms with Gasteiger partial charge in [-0.15, -0.1) is 10.2 Å². The number of hydrogen-bond acceptors (Lipinski definition) is 7. The molecular formula is C22H31N7OS. The van der Waals surface area contributed by atoms with E-state index in [0.717, 1.165) is 62.1 Å². The summed E-state index contributed by atoms with van der Waals surface area (Å²) in [6.45, 7) is 7.55. The van der Waals surface area contributed by atoms with Crippen molar-refractivity contribution >= 4 is 29.4 Å². The molecule has 0 aromatic carbocycles. The summed E-state index contributed by atoms with van der Waals surface area (Å²) in [6.07, 6.45) is 6.61. The van der Waals surface area contributed by atoms with Gasteiger partial charge in [-0.2, -0.15) is 0 Å². The van der Waals surface area contributed by atoms with Crippen LogP contribution in [-0.4, -0.2) is 75.6 Å². The number of piperidine rings is 1. The van der Waals surface area contributed by atoms with E-state index in [1.54, 1.807) is 11.8 Å². The first-order chi connectivity index (χ1) is 15.2. The summed E-state index contributed by atoms with van der Waals surface area (Å²) in [6, 6.07) is 6.46. The van der Waals surface area contributed by atoms with Crippen LogP contribution in [0.3, 0.4) is 0 Å². The van der Waals surface area contributed by atoms with Crippen LogP contribution in [0.15, 0.2) is 29.6 Å². The lowest BCUT2D eigenvalue weighted by atomic mass is 10.00. The van der Waals surface area contributed by atoms with Crippen LogP contribution in [0.25, 0.3) is 0 Å². The lowest BCUT2D eigenvalue weighted by molar-refractivity contribution is -0.128. The Kier molecular flexibility index (Phi) is 6.02. The standard InChI is InChI=1S/C22H31N7OS/c1-17-7-10-28(11-8-17)21-24-25-22(29(21)18-5-6-18)31-16-20(30)27-14-12-26(13-15-27)19-4-2-3-9-23-19/h2-4,9,17-18H,5-8,10-16H2,1H3. The van der Waals surface area contributed by atoms with Gasteiger partial charge in [-0.25, -0.2) is 4.98 Å². The molecule has 31 heavy (non-hydrogen) atoms. The molecule has 2 saturated heterocycles. The fraction of sp³-hybridized carbons (Fsp3) is 0.636. The van der Waals surface area contributed by atoms with E-state index >= 15 is 0 Å². The van der Waals surface area contributed by atoms with Crippen LogP contribution in [0.5, 0.6) is 0 Å². The van der Waals surface area contributed by atoms with E-state index in [4.69, 9.17) is 0 Å². The van der Waals surface area contributed by atoms with Gasteiger partial charge in [-0.1, -0.05) is 24.8 Å². The number of carbonyl (C=O) groups is 1. The Bertz CT molecular complexity index is 885. The second-order valence-electron chi connectivity index (χ2n) is 8.90. The van der Waals surface area contributed by atoms with Gasteiger partial charge in [-0.3, -0.25) is 9.36 Å². The van der Waals surface area contributed by atoms with E-state index in [2.05, 4.69) is 36.5 Å². The third kappa shape index (κ3) is 4.66. The van der Waals surface area contributed by atoms with Gasteiger partial charge in [0.15, 0.2) is 5.16 Å². The van der Waals surface area contributed by atoms with E-state index in [1.165, 1.54) is 25.7 Å². The number of anilines is 2. The molecule has 2 aromatic rings. The zero-order valence-corrected chi connectivity index (χ0v) is 19.0. The number of nitrogens with zero attached hydrogens (tertiary/aromatic N) is 7. The summed E-state index contributed by atoms with van der Waals surface area (Å²) in [5.41, 5.74) is 0. The lowest BCUT2D eigenvalue weighted by Crippen LogP contribution is -2.49. The zero-order valence-electron chi connectivity index (χ0n) is 18.2. The van der Waals surface area contributed by atoms with Crippen molar-refractivity contribution in [2.45, 2.75) is 43.8 Å². The molecule has 1 aliphatic carbocycles. The third-order valence-electron chi connectivity index (χ3n) is 6.56. The summed E-state index contributed by atoms with van der Waals surface area (Å²) >= 11 is 1.55. The minimum atomic E-state index is 0.185. The van der Waals surface area contributed by atoms with Gasteiger partial charge < -0.3 is 14.7 Å². The van der Waals surface area contributed by atoms with Crippen LogP contribution in [-0.2, 0) is 4.79 Å². The van der Waals surface area contributed by atoms with Crippen LogP contribution in [0.4, 0.5) is 11.8 Å². The SMILES string of the molecule is CC1CCN(c2nnc(SCC(=O)N3CCN(c4ccccn4)CC3)n2C2CC2)CC1. The van der Waals surface area contributed by atoms with E-state index < -0.39 is 0 Å². The topological polar surface area (TPSA) is 70.4 Å². The van der Waals surface area contributed by atoms with Crippen LogP contribution in [0.1, 0.15) is 38.6 Å². The molecule has 0 radical (unpaired) electrons. The maximum absolute atomic E-state index is 12.9. The molecule has 166 valence electrons. The van der Waals surface area contributed by atoms with Crippen molar-refractivity contribution < 1.29 is 4.79 Å². The molecule has 0 spiro atoms. The highest BCUT2D eigenvalue weighted by atomic mass is 32.2. The molecule has 3 aliphatic rings. The van der Waals surface area contributed by atoms with E-state index in [1.807, 2.05) is 29.3 Å². The normalized spacial score (nSPS) is 20.4. The molecule has 2 aliphatic heterocycles. The number of piperazine rings is 1. The maximum Gasteiger partial charge on any atom is 0.233 e. The Labute approximate surface area is 188 Å². The number of rotatable bonds is 6. The molecule has 5 rings (SSSR count). The molecule has 1 amide bonds. The minimum Gasteiger partial charge on any atom is -0.353 e. The average molecular weight is 442 g/mol. The van der Waals surface area contributed by atoms with E-state index in [9.17, 15) is 4.79 Å². The lowest BCUT2D eigenvalue weighted by Gasteiger charge is -2.35. The van der Waals surface area contributed by atoms with Gasteiger partial charge in [0, 0.05) is 51.5 Å². The minimum absolute atomic E-state index is 0.185. The van der Waals surface area contributed by atoms with Crippen LogP contribution in [0.2, 0.25) is 0 Å². The smallest absolute Gasteiger partial charge is 0.233 e. The molecule has 0 unspecified atom stereocenters. The van der Waals surface area contributed by atoms with E-state index in [-0.39, 0.29) is 5.91 Å². The Morgan fingerprint density at radius 1 is 1.00 bits per heavy atom. The quantitative estimate of drug-likeness (QED) is 0.638. The third-order valence-corrected chi connectivity index (χ3v) is 7.48. The predicted octanol–water partition coefficient (Wildman–Crippen LogP) is 2.69. The van der Waals surface area contributed by atoms with Crippen molar-refractivity contribution in [3.05, 3.63) is 24.4 Å². The maximum atomic E-state index is 12.9. The molecule has 3 fully saturated rings. The van der Waals surface area contributed by atoms with Crippen molar-refractivity contribution in [1.29, 1.82) is 0 Å². The number of aromatic nitrogens is 4. The number of carbonyl (C=O) groups excluding carboxylic acids is 1. The first-order valence-electron chi connectivity index (χ1n) is 11.5. The molecule has 8 nitrogen and oxygen atoms in total. The summed E-state index contributed by atoms with van der Waals surface area (Å²) in [7, 11) is 0. The summed E-state index contributed by atoms with van der Waals surface area (Å²) in [4.78, 5) is 23.9. The summed E-state index contributed by atoms with van der Waals surface area (Å²) in [5.74, 6) is 3.39. The van der Waals surface area contributed by atoms with Crippen LogP contribution in [0, 0.1) is 5.92 Å². The van der Waals surface area contributed by atoms with Crippen molar-refractivity contribution in [1.82, 2.24) is 24.6 Å². The Hall–Kier alpha value is -2.29. The fourth-order valence-corrected chi connectivity index (χ4v) is 5.29. The first-order valence-corrected chi connectivity index (χ1v) is 12.4. The largest absolute Gasteiger partial charge is 0.353 e. The summed E-state index contributed by atoms with van der Waals surface area (Å²) in [5, 5.41) is 9.93. The van der Waals surface area contributed by atoms with E-state index in [0.29, 0.717) is 11.8 Å². The second kappa shape index (κ2) is 9.06. The molecule has 1 saturated carbocycles. The molecule has 2 aromatic heterocycles. The van der Waals surface area contributed by atoms with Crippen molar-refractivity contribution in [2.24, 2.45) is 5.92 Å². The summed E-state index contributed by atoms with van der Waals surface area (Å²) < 4.78 is 2.30. The average Bonchev–Trinajstić information content (AvgIpc) is 3.57. The monoisotopic (exact) mass is 441 g/mol. The Morgan fingerprint density at radius 3 is 2.45 bits per heavy atom. The van der Waals surface area contributed by atoms with Gasteiger partial charge in [0.1, 0.15) is 5.82 Å². The van der Waals surface area contributed by atoms with Crippen LogP contribution < -0.4 is 9.80 Å². The van der Waals surface area contributed by atoms with Crippen molar-refractivity contribution in [2.75, 3.05) is 54.8 Å². The molecule has 4 heterocycles. The molecule has 0 atom stereocenters. The predicted molar refractivity (Wildman–Crippen MR) is 123 cm³/mol. The first kappa shape index (κ1) is 20.6. The van der Waals surface area contributed by atoms with Gasteiger partial charge in [0.25, 0.3) is 0 Å². The number of pyridine rings is 1. The highest BCUT2D eigenvalue weighted by Crippen LogP contribution is 2.41. The second-order valence-corrected chi connectivity index (χ2v) is 9.84. The highest BCUT2D eigenvalue weighted by molar-refractivity contribution is 7.99. The Morgan fingerprint density at radius 2 is 1.77 bits per heavy atom. The highest BCUT2D eigenvalue weighted by Gasteiger charge is 2.33. The molecule has 0 N–H and O–H groups in total. The zero-order chi connectivity index (χ0) is 21.2. The number of amides is 1. The van der Waals surface area contributed by atoms with Crippen LogP contribution >= 0.6 is 11.8 Å². The van der Waals surface area contributed by atoms with Crippen molar-refractivity contribution in [3.63, 3.8) is 0 Å². The molecular weight excluding hydrogens is 410 g/mol. The van der Waals surface area contributed by atoms with Gasteiger partial charge in [0.05, 0.1) is 5.75 Å². The Balaban J connectivity index is 1.17. The van der Waals surface area contributed by atoms with Gasteiger partial charge in [-0.05, 0) is 43.7 Å². The fourth-order valence-electron chi connectivity index (χ4n) is 4.39. The number of hydrogen-bond donors (Lipinski definition) is 0. The van der Waals surface area contributed by atoms with Gasteiger partial charge in [0.2, 0.25) is 11.9 Å². The van der Waals surface area contributed by atoms with Crippen molar-refractivity contribution in [3.8, 4) is 0 Å². The van der Waals surface area contributed by atoms with Gasteiger partial charge >= 0.3 is 0 Å². The number of thioether (sulfide) groups is 1.